The van der Waals surface area contributed by atoms with Gasteiger partial charge < -0.3 is 15.0 Å². The molecule has 0 aromatic heterocycles. The molecule has 2 aliphatic carbocycles. The predicted molar refractivity (Wildman–Crippen MR) is 74.0 cm³/mol. The second kappa shape index (κ2) is 5.35. The molecule has 3 rings (SSSR count). The lowest BCUT2D eigenvalue weighted by Gasteiger charge is -2.34. The summed E-state index contributed by atoms with van der Waals surface area (Å²) in [6.45, 7) is 2.26. The van der Waals surface area contributed by atoms with E-state index >= 15 is 0 Å². The Labute approximate surface area is 120 Å². The monoisotopic (exact) mass is 280 g/mol. The second-order valence-electron chi connectivity index (χ2n) is 6.45. The number of hydrogen-bond acceptors (Lipinski definition) is 3. The minimum absolute atomic E-state index is 0.0107. The number of carbonyl (C=O) groups is 2. The first-order valence-corrected chi connectivity index (χ1v) is 7.79. The Balaban J connectivity index is 1.55. The smallest absolute Gasteiger partial charge is 0.238 e. The maximum Gasteiger partial charge on any atom is 0.238 e. The quantitative estimate of drug-likeness (QED) is 0.762. The molecular formula is C15H24N2O3. The summed E-state index contributed by atoms with van der Waals surface area (Å²) in [6.07, 6.45) is 6.12. The van der Waals surface area contributed by atoms with E-state index in [0.29, 0.717) is 19.4 Å². The van der Waals surface area contributed by atoms with Crippen LogP contribution < -0.4 is 5.32 Å². The van der Waals surface area contributed by atoms with Crippen LogP contribution in [0.15, 0.2) is 0 Å². The van der Waals surface area contributed by atoms with E-state index in [1.165, 1.54) is 12.8 Å². The van der Waals surface area contributed by atoms with Gasteiger partial charge in [-0.05, 0) is 44.4 Å². The molecule has 2 saturated carbocycles. The fourth-order valence-electron chi connectivity index (χ4n) is 3.02. The van der Waals surface area contributed by atoms with Crippen LogP contribution in [0.2, 0.25) is 0 Å². The van der Waals surface area contributed by atoms with Gasteiger partial charge in [-0.25, -0.2) is 0 Å². The third-order valence-electron chi connectivity index (χ3n) is 4.75. The minimum atomic E-state index is -0.757. The van der Waals surface area contributed by atoms with Crippen molar-refractivity contribution < 1.29 is 14.3 Å². The number of carbonyl (C=O) groups excluding carboxylic acids is 2. The van der Waals surface area contributed by atoms with Crippen molar-refractivity contribution in [2.75, 3.05) is 26.7 Å². The van der Waals surface area contributed by atoms with Crippen molar-refractivity contribution in [3.05, 3.63) is 0 Å². The van der Waals surface area contributed by atoms with Gasteiger partial charge in [0, 0.05) is 26.7 Å². The van der Waals surface area contributed by atoms with E-state index in [-0.39, 0.29) is 17.9 Å². The Kier molecular flexibility index (Phi) is 3.71. The fraction of sp³-hybridized carbons (Fsp3) is 0.867. The highest BCUT2D eigenvalue weighted by Crippen LogP contribution is 2.47. The van der Waals surface area contributed by atoms with E-state index in [4.69, 9.17) is 4.74 Å². The Bertz CT molecular complexity index is 402. The molecule has 5 heteroatoms. The van der Waals surface area contributed by atoms with Crippen LogP contribution in [0.25, 0.3) is 0 Å². The predicted octanol–water partition coefficient (Wildman–Crippen LogP) is 0.930. The van der Waals surface area contributed by atoms with Crippen LogP contribution in [0, 0.1) is 11.3 Å². The van der Waals surface area contributed by atoms with Gasteiger partial charge in [0.2, 0.25) is 11.8 Å². The van der Waals surface area contributed by atoms with Crippen LogP contribution in [-0.2, 0) is 14.3 Å². The molecule has 0 radical (unpaired) electrons. The second-order valence-corrected chi connectivity index (χ2v) is 6.45. The number of nitrogens with zero attached hydrogens (tertiary/aromatic N) is 1. The first-order chi connectivity index (χ1) is 9.65. The lowest BCUT2D eigenvalue weighted by atomic mass is 10.0. The third kappa shape index (κ3) is 2.68. The molecule has 1 N–H and O–H groups in total. The lowest BCUT2D eigenvalue weighted by molar-refractivity contribution is -0.147. The fourth-order valence-corrected chi connectivity index (χ4v) is 3.02. The normalized spacial score (nSPS) is 28.1. The molecule has 20 heavy (non-hydrogen) atoms. The van der Waals surface area contributed by atoms with Gasteiger partial charge in [-0.15, -0.1) is 0 Å². The SMILES string of the molecule is CNC(=O)C1(C(=O)N2CCCC(OCC3CC3)C2)CC1. The number of likely N-dealkylation sites (tertiary alicyclic amines) is 1. The van der Waals surface area contributed by atoms with Gasteiger partial charge >= 0.3 is 0 Å². The van der Waals surface area contributed by atoms with Gasteiger partial charge in [0.1, 0.15) is 5.41 Å². The summed E-state index contributed by atoms with van der Waals surface area (Å²) in [7, 11) is 1.60. The number of amides is 2. The molecule has 112 valence electrons. The number of hydrogen-bond donors (Lipinski definition) is 1. The maximum atomic E-state index is 12.6. The van der Waals surface area contributed by atoms with E-state index in [0.717, 1.165) is 31.9 Å². The molecule has 1 atom stereocenters. The highest BCUT2D eigenvalue weighted by atomic mass is 16.5. The van der Waals surface area contributed by atoms with E-state index < -0.39 is 5.41 Å². The zero-order valence-corrected chi connectivity index (χ0v) is 12.2. The van der Waals surface area contributed by atoms with Crippen molar-refractivity contribution in [2.24, 2.45) is 11.3 Å². The largest absolute Gasteiger partial charge is 0.376 e. The molecule has 0 aromatic rings. The molecular weight excluding hydrogens is 256 g/mol. The molecule has 3 fully saturated rings. The summed E-state index contributed by atoms with van der Waals surface area (Å²) in [5, 5.41) is 2.63. The first-order valence-electron chi connectivity index (χ1n) is 7.79. The summed E-state index contributed by atoms with van der Waals surface area (Å²) in [5.41, 5.74) is -0.757. The average molecular weight is 280 g/mol. The van der Waals surface area contributed by atoms with Gasteiger partial charge in [0.05, 0.1) is 6.10 Å². The van der Waals surface area contributed by atoms with Crippen molar-refractivity contribution in [2.45, 2.75) is 44.6 Å². The van der Waals surface area contributed by atoms with Crippen LogP contribution in [0.4, 0.5) is 0 Å². The summed E-state index contributed by atoms with van der Waals surface area (Å²) in [6, 6.07) is 0. The molecule has 0 bridgehead atoms. The average Bonchev–Trinajstić information content (AvgIpc) is 3.38. The van der Waals surface area contributed by atoms with Crippen LogP contribution in [0.3, 0.4) is 0 Å². The molecule has 3 aliphatic rings. The van der Waals surface area contributed by atoms with Crippen LogP contribution in [0.1, 0.15) is 38.5 Å². The molecule has 1 unspecified atom stereocenters. The van der Waals surface area contributed by atoms with Gasteiger partial charge in [-0.2, -0.15) is 0 Å². The standard InChI is InChI=1S/C15H24N2O3/c1-16-13(18)15(6-7-15)14(19)17-8-2-3-12(9-17)20-10-11-4-5-11/h11-12H,2-10H2,1H3,(H,16,18). The van der Waals surface area contributed by atoms with Crippen molar-refractivity contribution in [1.82, 2.24) is 10.2 Å². The molecule has 1 saturated heterocycles. The van der Waals surface area contributed by atoms with Crippen molar-refractivity contribution in [3.63, 3.8) is 0 Å². The molecule has 2 amide bonds. The minimum Gasteiger partial charge on any atom is -0.376 e. The van der Waals surface area contributed by atoms with E-state index in [2.05, 4.69) is 5.32 Å². The van der Waals surface area contributed by atoms with Crippen molar-refractivity contribution >= 4 is 11.8 Å². The Morgan fingerprint density at radius 1 is 1.30 bits per heavy atom. The maximum absolute atomic E-state index is 12.6. The molecule has 1 aliphatic heterocycles. The Hall–Kier alpha value is -1.10. The molecule has 0 aromatic carbocycles. The Morgan fingerprint density at radius 2 is 2.05 bits per heavy atom. The summed E-state index contributed by atoms with van der Waals surface area (Å²) >= 11 is 0. The molecule has 1 heterocycles. The van der Waals surface area contributed by atoms with Gasteiger partial charge in [-0.3, -0.25) is 9.59 Å². The highest BCUT2D eigenvalue weighted by Gasteiger charge is 2.57. The van der Waals surface area contributed by atoms with Crippen LogP contribution in [-0.4, -0.2) is 49.6 Å². The van der Waals surface area contributed by atoms with Crippen LogP contribution >= 0.6 is 0 Å². The lowest BCUT2D eigenvalue weighted by Crippen LogP contribution is -2.49. The van der Waals surface area contributed by atoms with Gasteiger partial charge in [0.25, 0.3) is 0 Å². The van der Waals surface area contributed by atoms with E-state index in [9.17, 15) is 9.59 Å². The van der Waals surface area contributed by atoms with E-state index in [1.54, 1.807) is 7.05 Å². The number of nitrogens with one attached hydrogen (secondary N) is 1. The summed E-state index contributed by atoms with van der Waals surface area (Å²) < 4.78 is 5.91. The Morgan fingerprint density at radius 3 is 2.65 bits per heavy atom. The topological polar surface area (TPSA) is 58.6 Å². The third-order valence-corrected chi connectivity index (χ3v) is 4.75. The summed E-state index contributed by atoms with van der Waals surface area (Å²) in [5.74, 6) is 0.641. The van der Waals surface area contributed by atoms with Crippen LogP contribution in [0.5, 0.6) is 0 Å². The van der Waals surface area contributed by atoms with E-state index in [1.807, 2.05) is 4.90 Å². The van der Waals surface area contributed by atoms with Crippen molar-refractivity contribution in [3.8, 4) is 0 Å². The summed E-state index contributed by atoms with van der Waals surface area (Å²) in [4.78, 5) is 26.3. The van der Waals surface area contributed by atoms with Crippen molar-refractivity contribution in [1.29, 1.82) is 0 Å². The number of ether oxygens (including phenoxy) is 1. The highest BCUT2D eigenvalue weighted by molar-refractivity contribution is 6.07. The van der Waals surface area contributed by atoms with Gasteiger partial charge in [0.15, 0.2) is 0 Å². The van der Waals surface area contributed by atoms with Gasteiger partial charge in [-0.1, -0.05) is 0 Å². The first kappa shape index (κ1) is 13.9. The number of rotatable bonds is 5. The zero-order valence-electron chi connectivity index (χ0n) is 12.2. The number of piperidine rings is 1. The molecule has 0 spiro atoms. The zero-order chi connectivity index (χ0) is 14.2. The molecule has 5 nitrogen and oxygen atoms in total.